The number of carbonyl (C=O) groups is 1. The standard InChI is InChI=1S/C17H19N3O8S3/c1-30(24,25)15-9-12(8-13(10-15)20(22)23)17(21)18-11-14-2-3-16(29-14)31(26,27)19-4-6-28-7-5-19/h2-3,8-10H,4-7,11H2,1H3,(H,18,21). The van der Waals surface area contributed by atoms with E-state index in [1.165, 1.54) is 10.4 Å². The van der Waals surface area contributed by atoms with Crippen molar-refractivity contribution in [1.29, 1.82) is 0 Å². The summed E-state index contributed by atoms with van der Waals surface area (Å²) in [6.45, 7) is 1.15. The van der Waals surface area contributed by atoms with Gasteiger partial charge >= 0.3 is 0 Å². The lowest BCUT2D eigenvalue weighted by Gasteiger charge is -2.25. The van der Waals surface area contributed by atoms with Crippen LogP contribution in [0, 0.1) is 10.1 Å². The first-order valence-electron chi connectivity index (χ1n) is 8.93. The van der Waals surface area contributed by atoms with E-state index in [1.807, 2.05) is 0 Å². The summed E-state index contributed by atoms with van der Waals surface area (Å²) >= 11 is 0.997. The lowest BCUT2D eigenvalue weighted by molar-refractivity contribution is -0.385. The van der Waals surface area contributed by atoms with Crippen LogP contribution in [0.5, 0.6) is 0 Å². The van der Waals surface area contributed by atoms with Gasteiger partial charge in [0.05, 0.1) is 29.6 Å². The van der Waals surface area contributed by atoms with Gasteiger partial charge in [0.1, 0.15) is 4.21 Å². The molecule has 0 spiro atoms. The number of nitro groups is 1. The predicted octanol–water partition coefficient (Wildman–Crippen LogP) is 1.01. The van der Waals surface area contributed by atoms with Crippen LogP contribution >= 0.6 is 11.3 Å². The van der Waals surface area contributed by atoms with Gasteiger partial charge < -0.3 is 10.1 Å². The van der Waals surface area contributed by atoms with Crippen LogP contribution in [-0.4, -0.2) is 64.5 Å². The van der Waals surface area contributed by atoms with E-state index < -0.39 is 36.4 Å². The smallest absolute Gasteiger partial charge is 0.271 e. The SMILES string of the molecule is CS(=O)(=O)c1cc(C(=O)NCc2ccc(S(=O)(=O)N3CCOCC3)s2)cc([N+](=O)[O-])c1. The number of non-ortho nitro benzene ring substituents is 1. The highest BCUT2D eigenvalue weighted by Crippen LogP contribution is 2.26. The van der Waals surface area contributed by atoms with E-state index in [-0.39, 0.29) is 34.3 Å². The Kier molecular flexibility index (Phi) is 6.76. The van der Waals surface area contributed by atoms with Crippen LogP contribution in [0.4, 0.5) is 5.69 Å². The van der Waals surface area contributed by atoms with Gasteiger partial charge in [-0.2, -0.15) is 4.31 Å². The summed E-state index contributed by atoms with van der Waals surface area (Å²) in [6.07, 6.45) is 0.885. The van der Waals surface area contributed by atoms with Gasteiger partial charge in [-0.25, -0.2) is 16.8 Å². The monoisotopic (exact) mass is 489 g/mol. The largest absolute Gasteiger partial charge is 0.379 e. The second-order valence-electron chi connectivity index (χ2n) is 6.66. The molecule has 0 bridgehead atoms. The number of carbonyl (C=O) groups excluding carboxylic acids is 1. The highest BCUT2D eigenvalue weighted by atomic mass is 32.2. The second kappa shape index (κ2) is 9.00. The zero-order valence-corrected chi connectivity index (χ0v) is 18.8. The lowest BCUT2D eigenvalue weighted by atomic mass is 10.2. The average Bonchev–Trinajstić information content (AvgIpc) is 3.21. The highest BCUT2D eigenvalue weighted by Gasteiger charge is 2.28. The number of benzene rings is 1. The predicted molar refractivity (Wildman–Crippen MR) is 111 cm³/mol. The van der Waals surface area contributed by atoms with Crippen molar-refractivity contribution in [3.8, 4) is 0 Å². The first kappa shape index (κ1) is 23.3. The Balaban J connectivity index is 1.75. The van der Waals surface area contributed by atoms with Crippen molar-refractivity contribution >= 4 is 42.8 Å². The number of morpholine rings is 1. The van der Waals surface area contributed by atoms with Crippen LogP contribution < -0.4 is 5.32 Å². The maximum absolute atomic E-state index is 12.7. The van der Waals surface area contributed by atoms with Crippen molar-refractivity contribution in [2.24, 2.45) is 0 Å². The van der Waals surface area contributed by atoms with Crippen molar-refractivity contribution in [2.45, 2.75) is 15.6 Å². The van der Waals surface area contributed by atoms with Crippen LogP contribution in [0.25, 0.3) is 0 Å². The Hall–Kier alpha value is -2.39. The van der Waals surface area contributed by atoms with Crippen molar-refractivity contribution < 1.29 is 31.3 Å². The Bertz CT molecular complexity index is 1210. The number of thiophene rings is 1. The van der Waals surface area contributed by atoms with Gasteiger partial charge in [-0.05, 0) is 18.2 Å². The fraction of sp³-hybridized carbons (Fsp3) is 0.353. The molecule has 3 rings (SSSR count). The number of amides is 1. The minimum atomic E-state index is -3.77. The molecule has 2 aromatic rings. The van der Waals surface area contributed by atoms with Gasteiger partial charge in [0.2, 0.25) is 0 Å². The fourth-order valence-corrected chi connectivity index (χ4v) is 6.34. The van der Waals surface area contributed by atoms with E-state index in [2.05, 4.69) is 5.32 Å². The van der Waals surface area contributed by atoms with Crippen LogP contribution in [0.2, 0.25) is 0 Å². The fourth-order valence-electron chi connectivity index (χ4n) is 2.81. The normalized spacial score (nSPS) is 15.5. The van der Waals surface area contributed by atoms with Crippen LogP contribution in [-0.2, 0) is 31.1 Å². The molecular weight excluding hydrogens is 470 g/mol. The molecule has 0 aliphatic carbocycles. The first-order valence-corrected chi connectivity index (χ1v) is 13.1. The molecule has 1 N–H and O–H groups in total. The molecule has 11 nitrogen and oxygen atoms in total. The van der Waals surface area contributed by atoms with Gasteiger partial charge in [0, 0.05) is 41.9 Å². The molecular formula is C17H19N3O8S3. The quantitative estimate of drug-likeness (QED) is 0.447. The molecule has 31 heavy (non-hydrogen) atoms. The Morgan fingerprint density at radius 3 is 2.48 bits per heavy atom. The number of rotatable bonds is 7. The van der Waals surface area contributed by atoms with E-state index in [0.29, 0.717) is 18.1 Å². The van der Waals surface area contributed by atoms with Gasteiger partial charge in [-0.15, -0.1) is 11.3 Å². The molecule has 1 aliphatic rings. The Morgan fingerprint density at radius 1 is 1.19 bits per heavy atom. The maximum Gasteiger partial charge on any atom is 0.271 e. The summed E-state index contributed by atoms with van der Waals surface area (Å²) < 4.78 is 55.5. The number of ether oxygens (including phenoxy) is 1. The molecule has 0 radical (unpaired) electrons. The summed E-state index contributed by atoms with van der Waals surface area (Å²) in [4.78, 5) is 23.0. The number of nitro benzene ring substituents is 1. The average molecular weight is 490 g/mol. The van der Waals surface area contributed by atoms with Gasteiger partial charge in [0.15, 0.2) is 9.84 Å². The van der Waals surface area contributed by atoms with Crippen molar-refractivity contribution in [1.82, 2.24) is 9.62 Å². The van der Waals surface area contributed by atoms with Crippen molar-refractivity contribution in [2.75, 3.05) is 32.6 Å². The summed E-state index contributed by atoms with van der Waals surface area (Å²) in [5.74, 6) is -0.723. The molecule has 1 aromatic carbocycles. The van der Waals surface area contributed by atoms with Gasteiger partial charge in [-0.1, -0.05) is 0 Å². The van der Waals surface area contributed by atoms with E-state index in [4.69, 9.17) is 4.74 Å². The number of hydrogen-bond donors (Lipinski definition) is 1. The summed E-state index contributed by atoms with van der Waals surface area (Å²) in [5.41, 5.74) is -0.713. The van der Waals surface area contributed by atoms with E-state index in [1.54, 1.807) is 6.07 Å². The van der Waals surface area contributed by atoms with Crippen LogP contribution in [0.3, 0.4) is 0 Å². The maximum atomic E-state index is 12.7. The summed E-state index contributed by atoms with van der Waals surface area (Å²) in [6, 6.07) is 5.93. The Labute approximate surface area is 182 Å². The minimum absolute atomic E-state index is 0.0287. The minimum Gasteiger partial charge on any atom is -0.379 e. The highest BCUT2D eigenvalue weighted by molar-refractivity contribution is 7.91. The van der Waals surface area contributed by atoms with E-state index in [9.17, 15) is 31.7 Å². The molecule has 2 heterocycles. The number of nitrogens with one attached hydrogen (secondary N) is 1. The number of sulfone groups is 1. The zero-order chi connectivity index (χ0) is 22.8. The first-order chi connectivity index (χ1) is 14.5. The van der Waals surface area contributed by atoms with Crippen LogP contribution in [0.15, 0.2) is 39.4 Å². The van der Waals surface area contributed by atoms with Crippen LogP contribution in [0.1, 0.15) is 15.2 Å². The molecule has 168 valence electrons. The molecule has 0 unspecified atom stereocenters. The van der Waals surface area contributed by atoms with E-state index in [0.717, 1.165) is 35.8 Å². The Morgan fingerprint density at radius 2 is 1.87 bits per heavy atom. The number of hydrogen-bond acceptors (Lipinski definition) is 9. The molecule has 0 atom stereocenters. The molecule has 0 saturated carbocycles. The summed E-state index contributed by atoms with van der Waals surface area (Å²) in [5, 5.41) is 13.6. The third kappa shape index (κ3) is 5.46. The lowest BCUT2D eigenvalue weighted by Crippen LogP contribution is -2.40. The second-order valence-corrected chi connectivity index (χ2v) is 12.0. The molecule has 14 heteroatoms. The topological polar surface area (TPSA) is 153 Å². The molecule has 1 amide bonds. The third-order valence-electron chi connectivity index (χ3n) is 4.42. The zero-order valence-electron chi connectivity index (χ0n) is 16.3. The van der Waals surface area contributed by atoms with Gasteiger partial charge in [-0.3, -0.25) is 14.9 Å². The number of sulfonamides is 1. The third-order valence-corrected chi connectivity index (χ3v) is 8.96. The van der Waals surface area contributed by atoms with Gasteiger partial charge in [0.25, 0.3) is 21.6 Å². The molecule has 1 aromatic heterocycles. The summed E-state index contributed by atoms with van der Waals surface area (Å²) in [7, 11) is -7.42. The molecule has 1 saturated heterocycles. The van der Waals surface area contributed by atoms with E-state index >= 15 is 0 Å². The number of nitrogens with zero attached hydrogens (tertiary/aromatic N) is 2. The van der Waals surface area contributed by atoms with Crippen molar-refractivity contribution in [3.63, 3.8) is 0 Å². The molecule has 1 fully saturated rings. The molecule has 1 aliphatic heterocycles. The van der Waals surface area contributed by atoms with Crippen molar-refractivity contribution in [3.05, 3.63) is 50.9 Å².